The van der Waals surface area contributed by atoms with Gasteiger partial charge in [0.2, 0.25) is 0 Å². The highest BCUT2D eigenvalue weighted by molar-refractivity contribution is 5.72. The molecule has 1 aliphatic heterocycles. The largest absolute Gasteiger partial charge is 0.491 e. The third-order valence-electron chi connectivity index (χ3n) is 3.85. The van der Waals surface area contributed by atoms with Gasteiger partial charge in [0.1, 0.15) is 5.75 Å². The van der Waals surface area contributed by atoms with E-state index in [1.165, 1.54) is 5.56 Å². The number of rotatable bonds is 6. The van der Waals surface area contributed by atoms with Gasteiger partial charge in [-0.05, 0) is 46.2 Å². The van der Waals surface area contributed by atoms with E-state index in [0.717, 1.165) is 38.2 Å². The predicted octanol–water partition coefficient (Wildman–Crippen LogP) is 3.25. The van der Waals surface area contributed by atoms with E-state index in [9.17, 15) is 4.79 Å². The molecule has 0 N–H and O–H groups in total. The average molecular weight is 305 g/mol. The van der Waals surface area contributed by atoms with E-state index in [0.29, 0.717) is 6.61 Å². The standard InChI is InChI=1S/C18H27NO3/c1-4-21-18(20)16-9-7-11-19(13-16)12-15-8-5-6-10-17(15)22-14(2)3/h5-6,8,10,14,16H,4,7,9,11-13H2,1-3H3. The average Bonchev–Trinajstić information content (AvgIpc) is 2.49. The highest BCUT2D eigenvalue weighted by atomic mass is 16.5. The van der Waals surface area contributed by atoms with E-state index < -0.39 is 0 Å². The van der Waals surface area contributed by atoms with Crippen molar-refractivity contribution >= 4 is 5.97 Å². The molecule has 0 spiro atoms. The Morgan fingerprint density at radius 1 is 1.36 bits per heavy atom. The van der Waals surface area contributed by atoms with Crippen LogP contribution in [0.1, 0.15) is 39.2 Å². The first-order chi connectivity index (χ1) is 10.6. The summed E-state index contributed by atoms with van der Waals surface area (Å²) in [5, 5.41) is 0. The predicted molar refractivity (Wildman–Crippen MR) is 86.8 cm³/mol. The Morgan fingerprint density at radius 2 is 2.14 bits per heavy atom. The molecule has 1 aliphatic rings. The Morgan fingerprint density at radius 3 is 2.86 bits per heavy atom. The molecule has 4 nitrogen and oxygen atoms in total. The van der Waals surface area contributed by atoms with Crippen molar-refractivity contribution in [2.75, 3.05) is 19.7 Å². The molecular weight excluding hydrogens is 278 g/mol. The van der Waals surface area contributed by atoms with Crippen molar-refractivity contribution in [3.63, 3.8) is 0 Å². The molecular formula is C18H27NO3. The minimum Gasteiger partial charge on any atom is -0.491 e. The summed E-state index contributed by atoms with van der Waals surface area (Å²) in [5.41, 5.74) is 1.18. The summed E-state index contributed by atoms with van der Waals surface area (Å²) in [7, 11) is 0. The Balaban J connectivity index is 2.00. The van der Waals surface area contributed by atoms with Gasteiger partial charge in [0, 0.05) is 18.7 Å². The maximum Gasteiger partial charge on any atom is 0.310 e. The number of carbonyl (C=O) groups is 1. The maximum absolute atomic E-state index is 11.9. The van der Waals surface area contributed by atoms with E-state index in [2.05, 4.69) is 11.0 Å². The highest BCUT2D eigenvalue weighted by Gasteiger charge is 2.27. The number of carbonyl (C=O) groups excluding carboxylic acids is 1. The smallest absolute Gasteiger partial charge is 0.310 e. The van der Waals surface area contributed by atoms with Crippen LogP contribution in [0.2, 0.25) is 0 Å². The van der Waals surface area contributed by atoms with Crippen molar-refractivity contribution in [3.8, 4) is 5.75 Å². The zero-order valence-corrected chi connectivity index (χ0v) is 13.9. The van der Waals surface area contributed by atoms with Crippen molar-refractivity contribution in [1.29, 1.82) is 0 Å². The van der Waals surface area contributed by atoms with Crippen molar-refractivity contribution in [3.05, 3.63) is 29.8 Å². The highest BCUT2D eigenvalue weighted by Crippen LogP contribution is 2.24. The Kier molecular flexibility index (Phi) is 6.25. The molecule has 122 valence electrons. The van der Waals surface area contributed by atoms with Gasteiger partial charge < -0.3 is 9.47 Å². The molecule has 1 heterocycles. The van der Waals surface area contributed by atoms with Gasteiger partial charge in [-0.2, -0.15) is 0 Å². The fraction of sp³-hybridized carbons (Fsp3) is 0.611. The quantitative estimate of drug-likeness (QED) is 0.756. The van der Waals surface area contributed by atoms with E-state index >= 15 is 0 Å². The second-order valence-electron chi connectivity index (χ2n) is 6.10. The fourth-order valence-electron chi connectivity index (χ4n) is 2.90. The van der Waals surface area contributed by atoms with Crippen molar-refractivity contribution in [1.82, 2.24) is 4.90 Å². The third kappa shape index (κ3) is 4.73. The Bertz CT molecular complexity index is 487. The number of benzene rings is 1. The van der Waals surface area contributed by atoms with Gasteiger partial charge in [-0.1, -0.05) is 18.2 Å². The van der Waals surface area contributed by atoms with E-state index in [-0.39, 0.29) is 18.0 Å². The minimum atomic E-state index is -0.0566. The van der Waals surface area contributed by atoms with Crippen molar-refractivity contribution in [2.24, 2.45) is 5.92 Å². The molecule has 2 rings (SSSR count). The fourth-order valence-corrected chi connectivity index (χ4v) is 2.90. The Hall–Kier alpha value is -1.55. The number of likely N-dealkylation sites (tertiary alicyclic amines) is 1. The van der Waals surface area contributed by atoms with Crippen LogP contribution in [0.25, 0.3) is 0 Å². The first kappa shape index (κ1) is 16.8. The van der Waals surface area contributed by atoms with E-state index in [4.69, 9.17) is 9.47 Å². The summed E-state index contributed by atoms with van der Waals surface area (Å²) in [5.74, 6) is 0.890. The van der Waals surface area contributed by atoms with Crippen molar-refractivity contribution in [2.45, 2.75) is 46.3 Å². The van der Waals surface area contributed by atoms with Gasteiger partial charge in [-0.15, -0.1) is 0 Å². The van der Waals surface area contributed by atoms with Crippen LogP contribution in [0.3, 0.4) is 0 Å². The zero-order valence-electron chi connectivity index (χ0n) is 13.9. The summed E-state index contributed by atoms with van der Waals surface area (Å²) in [6.07, 6.45) is 2.13. The van der Waals surface area contributed by atoms with E-state index in [1.54, 1.807) is 0 Å². The minimum absolute atomic E-state index is 0.00637. The summed E-state index contributed by atoms with van der Waals surface area (Å²) < 4.78 is 11.0. The molecule has 0 aliphatic carbocycles. The molecule has 22 heavy (non-hydrogen) atoms. The molecule has 0 aromatic heterocycles. The second kappa shape index (κ2) is 8.18. The number of para-hydroxylation sites is 1. The van der Waals surface area contributed by atoms with Gasteiger partial charge in [0.05, 0.1) is 18.6 Å². The van der Waals surface area contributed by atoms with Crippen LogP contribution in [0, 0.1) is 5.92 Å². The normalized spacial score (nSPS) is 19.2. The lowest BCUT2D eigenvalue weighted by Gasteiger charge is -2.32. The number of ether oxygens (including phenoxy) is 2. The number of piperidine rings is 1. The Labute approximate surface area is 133 Å². The maximum atomic E-state index is 11.9. The summed E-state index contributed by atoms with van der Waals surface area (Å²) >= 11 is 0. The SMILES string of the molecule is CCOC(=O)C1CCCN(Cc2ccccc2OC(C)C)C1. The molecule has 1 atom stereocenters. The summed E-state index contributed by atoms with van der Waals surface area (Å²) in [6.45, 7) is 9.00. The lowest BCUT2D eigenvalue weighted by atomic mass is 9.97. The van der Waals surface area contributed by atoms with Crippen molar-refractivity contribution < 1.29 is 14.3 Å². The van der Waals surface area contributed by atoms with Crippen LogP contribution in [0.15, 0.2) is 24.3 Å². The summed E-state index contributed by atoms with van der Waals surface area (Å²) in [6, 6.07) is 8.15. The second-order valence-corrected chi connectivity index (χ2v) is 6.10. The molecule has 1 saturated heterocycles. The van der Waals surface area contributed by atoms with Gasteiger partial charge in [0.15, 0.2) is 0 Å². The number of nitrogens with zero attached hydrogens (tertiary/aromatic N) is 1. The van der Waals surface area contributed by atoms with Crippen LogP contribution < -0.4 is 4.74 Å². The molecule has 1 unspecified atom stereocenters. The van der Waals surface area contributed by atoms with Gasteiger partial charge in [-0.3, -0.25) is 9.69 Å². The van der Waals surface area contributed by atoms with Crippen LogP contribution >= 0.6 is 0 Å². The van der Waals surface area contributed by atoms with Gasteiger partial charge >= 0.3 is 5.97 Å². The van der Waals surface area contributed by atoms with Crippen LogP contribution in [-0.4, -0.2) is 36.7 Å². The summed E-state index contributed by atoms with van der Waals surface area (Å²) in [4.78, 5) is 14.3. The molecule has 1 aromatic carbocycles. The molecule has 0 saturated carbocycles. The monoisotopic (exact) mass is 305 g/mol. The molecule has 0 radical (unpaired) electrons. The number of esters is 1. The number of hydrogen-bond acceptors (Lipinski definition) is 4. The molecule has 1 fully saturated rings. The van der Waals surface area contributed by atoms with E-state index in [1.807, 2.05) is 39.0 Å². The lowest BCUT2D eigenvalue weighted by molar-refractivity contribution is -0.150. The lowest BCUT2D eigenvalue weighted by Crippen LogP contribution is -2.39. The topological polar surface area (TPSA) is 38.8 Å². The van der Waals surface area contributed by atoms with Crippen LogP contribution in [0.4, 0.5) is 0 Å². The van der Waals surface area contributed by atoms with Gasteiger partial charge in [-0.25, -0.2) is 0 Å². The zero-order chi connectivity index (χ0) is 15.9. The van der Waals surface area contributed by atoms with Gasteiger partial charge in [0.25, 0.3) is 0 Å². The molecule has 0 bridgehead atoms. The first-order valence-electron chi connectivity index (χ1n) is 8.23. The first-order valence-corrected chi connectivity index (χ1v) is 8.23. The molecule has 4 heteroatoms. The number of hydrogen-bond donors (Lipinski definition) is 0. The van der Waals surface area contributed by atoms with Crippen LogP contribution in [0.5, 0.6) is 5.75 Å². The molecule has 1 aromatic rings. The van der Waals surface area contributed by atoms with Crippen LogP contribution in [-0.2, 0) is 16.1 Å². The molecule has 0 amide bonds. The third-order valence-corrected chi connectivity index (χ3v) is 3.85.